The molecular formula is C14H22F2O3S2. The van der Waals surface area contributed by atoms with Crippen LogP contribution in [0.1, 0.15) is 52.4 Å². The minimum atomic E-state index is -3.49. The van der Waals surface area contributed by atoms with Crippen molar-refractivity contribution in [1.82, 2.24) is 0 Å². The van der Waals surface area contributed by atoms with E-state index in [1.54, 1.807) is 13.8 Å². The third kappa shape index (κ3) is 3.92. The Bertz CT molecular complexity index is 442. The van der Waals surface area contributed by atoms with Crippen molar-refractivity contribution in [1.29, 1.82) is 0 Å². The first-order valence-electron chi connectivity index (χ1n) is 7.07. The maximum absolute atomic E-state index is 13.4. The van der Waals surface area contributed by atoms with E-state index in [9.17, 15) is 23.8 Å². The predicted molar refractivity (Wildman–Crippen MR) is 81.4 cm³/mol. The van der Waals surface area contributed by atoms with Crippen LogP contribution >= 0.6 is 22.5 Å². The average Bonchev–Trinajstić information content (AvgIpc) is 2.22. The number of hydrogen-bond donors (Lipinski definition) is 3. The molecule has 0 aliphatic heterocycles. The molecule has 21 heavy (non-hydrogen) atoms. The van der Waals surface area contributed by atoms with Gasteiger partial charge in [0, 0.05) is 12.8 Å². The molecule has 4 atom stereocenters. The molecular weight excluding hydrogens is 318 g/mol. The molecule has 0 saturated heterocycles. The van der Waals surface area contributed by atoms with E-state index in [4.69, 9.17) is 0 Å². The number of carbonyl (C=O) groups excluding carboxylic acids is 1. The fraction of sp³-hybridized carbons (Fsp3) is 0.929. The van der Waals surface area contributed by atoms with Gasteiger partial charge >= 0.3 is 5.25 Å². The maximum Gasteiger partial charge on any atom is 0.360 e. The minimum Gasteiger partial charge on any atom is -0.390 e. The molecule has 122 valence electrons. The highest BCUT2D eigenvalue weighted by atomic mass is 33.1. The third-order valence-electron chi connectivity index (χ3n) is 4.67. The van der Waals surface area contributed by atoms with Crippen molar-refractivity contribution in [2.24, 2.45) is 11.3 Å². The van der Waals surface area contributed by atoms with Crippen LogP contribution in [-0.4, -0.2) is 32.5 Å². The topological polar surface area (TPSA) is 57.5 Å². The van der Waals surface area contributed by atoms with Crippen molar-refractivity contribution in [2.45, 2.75) is 68.8 Å². The van der Waals surface area contributed by atoms with Crippen molar-refractivity contribution in [2.75, 3.05) is 0 Å². The molecule has 0 amide bonds. The molecule has 2 rings (SSSR count). The number of Topliss-reactive ketones (excluding diaryl/α,β-unsaturated/α-hetero) is 1. The lowest BCUT2D eigenvalue weighted by Crippen LogP contribution is -2.54. The Hall–Kier alpha value is 0.150. The molecule has 2 aliphatic carbocycles. The number of thiol groups is 1. The van der Waals surface area contributed by atoms with E-state index in [2.05, 4.69) is 11.7 Å². The van der Waals surface area contributed by atoms with Crippen LogP contribution in [0.15, 0.2) is 0 Å². The molecule has 0 heterocycles. The molecule has 2 bridgehead atoms. The molecule has 4 unspecified atom stereocenters. The van der Waals surface area contributed by atoms with Crippen LogP contribution in [0.5, 0.6) is 0 Å². The molecule has 0 radical (unpaired) electrons. The van der Waals surface area contributed by atoms with Crippen LogP contribution in [0, 0.1) is 11.3 Å². The van der Waals surface area contributed by atoms with Gasteiger partial charge in [0.1, 0.15) is 0 Å². The van der Waals surface area contributed by atoms with E-state index < -0.39 is 27.7 Å². The second-order valence-electron chi connectivity index (χ2n) is 7.57. The largest absolute Gasteiger partial charge is 0.390 e. The highest BCUT2D eigenvalue weighted by Crippen LogP contribution is 2.55. The second kappa shape index (κ2) is 5.35. The zero-order valence-electron chi connectivity index (χ0n) is 12.2. The fourth-order valence-corrected chi connectivity index (χ4v) is 5.08. The highest BCUT2D eigenvalue weighted by Gasteiger charge is 2.54. The van der Waals surface area contributed by atoms with Crippen LogP contribution in [-0.2, 0) is 4.79 Å². The summed E-state index contributed by atoms with van der Waals surface area (Å²) in [6, 6.07) is 0. The Morgan fingerprint density at radius 1 is 1.29 bits per heavy atom. The first-order chi connectivity index (χ1) is 9.39. The van der Waals surface area contributed by atoms with Gasteiger partial charge in [0.05, 0.1) is 11.2 Å². The van der Waals surface area contributed by atoms with Crippen molar-refractivity contribution in [3.8, 4) is 0 Å². The molecule has 7 heteroatoms. The maximum atomic E-state index is 13.4. The standard InChI is InChI=1S/C14H22F2O3S2/c1-11(6-10(17)14(15,16)21-20)3-9-4-12(2,18)8-13(19,5-9)7-11/h9,18-20H,3-8H2,1-2H3. The SMILES string of the molecule is CC1(O)CC2CC(C)(CC(=O)C(F)(F)SS)CC(O)(C2)C1. The summed E-state index contributed by atoms with van der Waals surface area (Å²) in [5.74, 6) is -1.08. The van der Waals surface area contributed by atoms with E-state index in [1.807, 2.05) is 0 Å². The Labute approximate surface area is 132 Å². The lowest BCUT2D eigenvalue weighted by molar-refractivity contribution is -0.164. The Balaban J connectivity index is 2.14. The zero-order chi connectivity index (χ0) is 16.1. The van der Waals surface area contributed by atoms with E-state index >= 15 is 0 Å². The van der Waals surface area contributed by atoms with Gasteiger partial charge in [0.15, 0.2) is 0 Å². The van der Waals surface area contributed by atoms with Crippen LogP contribution in [0.25, 0.3) is 0 Å². The van der Waals surface area contributed by atoms with Gasteiger partial charge in [0.2, 0.25) is 5.78 Å². The van der Waals surface area contributed by atoms with Gasteiger partial charge < -0.3 is 10.2 Å². The quantitative estimate of drug-likeness (QED) is 0.543. The Morgan fingerprint density at radius 3 is 2.43 bits per heavy atom. The monoisotopic (exact) mass is 340 g/mol. The summed E-state index contributed by atoms with van der Waals surface area (Å²) in [6.07, 6.45) is 1.92. The molecule has 2 N–H and O–H groups in total. The van der Waals surface area contributed by atoms with Gasteiger partial charge in [-0.2, -0.15) is 8.78 Å². The van der Waals surface area contributed by atoms with Crippen LogP contribution < -0.4 is 0 Å². The number of fused-ring (bicyclic) bond motifs is 2. The molecule has 0 aromatic heterocycles. The number of ketones is 1. The second-order valence-corrected chi connectivity index (χ2v) is 8.81. The van der Waals surface area contributed by atoms with Crippen molar-refractivity contribution in [3.05, 3.63) is 0 Å². The zero-order valence-corrected chi connectivity index (χ0v) is 13.9. The number of rotatable bonds is 4. The summed E-state index contributed by atoms with van der Waals surface area (Å²) in [7, 11) is -0.0483. The van der Waals surface area contributed by atoms with Crippen molar-refractivity contribution >= 4 is 28.2 Å². The van der Waals surface area contributed by atoms with Gasteiger partial charge in [-0.15, -0.1) is 11.7 Å². The molecule has 3 nitrogen and oxygen atoms in total. The number of carbonyl (C=O) groups is 1. The van der Waals surface area contributed by atoms with E-state index in [0.717, 1.165) is 0 Å². The predicted octanol–water partition coefficient (Wildman–Crippen LogP) is 3.20. The van der Waals surface area contributed by atoms with Crippen LogP contribution in [0.4, 0.5) is 8.78 Å². The van der Waals surface area contributed by atoms with Gasteiger partial charge in [-0.05, 0) is 54.7 Å². The molecule has 0 aromatic carbocycles. The summed E-state index contributed by atoms with van der Waals surface area (Å²) in [5, 5.41) is 17.4. The van der Waals surface area contributed by atoms with Gasteiger partial charge in [-0.3, -0.25) is 4.79 Å². The first-order valence-corrected chi connectivity index (χ1v) is 8.94. The number of aliphatic hydroxyl groups is 2. The Kier molecular flexibility index (Phi) is 4.46. The summed E-state index contributed by atoms with van der Waals surface area (Å²) in [4.78, 5) is 11.8. The van der Waals surface area contributed by atoms with Gasteiger partial charge in [-0.25, -0.2) is 0 Å². The summed E-state index contributed by atoms with van der Waals surface area (Å²) in [5.41, 5.74) is -2.64. The lowest BCUT2D eigenvalue weighted by atomic mass is 9.55. The first kappa shape index (κ1) is 17.5. The van der Waals surface area contributed by atoms with Crippen LogP contribution in [0.3, 0.4) is 0 Å². The normalized spacial score (nSPS) is 43.7. The Morgan fingerprint density at radius 2 is 1.90 bits per heavy atom. The molecule has 2 saturated carbocycles. The number of alkyl halides is 2. The van der Waals surface area contributed by atoms with E-state index in [-0.39, 0.29) is 36.0 Å². The smallest absolute Gasteiger partial charge is 0.360 e. The number of halogens is 2. The highest BCUT2D eigenvalue weighted by molar-refractivity contribution is 8.69. The summed E-state index contributed by atoms with van der Waals surface area (Å²) < 4.78 is 26.8. The molecule has 2 aliphatic rings. The van der Waals surface area contributed by atoms with Gasteiger partial charge in [0.25, 0.3) is 0 Å². The molecule has 0 aromatic rings. The molecule has 2 fully saturated rings. The van der Waals surface area contributed by atoms with Crippen molar-refractivity contribution < 1.29 is 23.8 Å². The number of hydrogen-bond acceptors (Lipinski definition) is 5. The van der Waals surface area contributed by atoms with E-state index in [0.29, 0.717) is 19.3 Å². The summed E-state index contributed by atoms with van der Waals surface area (Å²) >= 11 is 3.45. The summed E-state index contributed by atoms with van der Waals surface area (Å²) in [6.45, 7) is 3.48. The molecule has 0 spiro atoms. The van der Waals surface area contributed by atoms with Crippen molar-refractivity contribution in [3.63, 3.8) is 0 Å². The van der Waals surface area contributed by atoms with Gasteiger partial charge in [-0.1, -0.05) is 6.92 Å². The fourth-order valence-electron chi connectivity index (χ4n) is 4.60. The third-order valence-corrected chi connectivity index (χ3v) is 5.82. The lowest BCUT2D eigenvalue weighted by Gasteiger charge is -2.54. The minimum absolute atomic E-state index is 0.0483. The van der Waals surface area contributed by atoms with Crippen LogP contribution in [0.2, 0.25) is 0 Å². The van der Waals surface area contributed by atoms with E-state index in [1.165, 1.54) is 0 Å². The average molecular weight is 340 g/mol.